The first-order valence-corrected chi connectivity index (χ1v) is 11.6. The van der Waals surface area contributed by atoms with Crippen molar-refractivity contribution in [3.05, 3.63) is 56.5 Å². The van der Waals surface area contributed by atoms with E-state index in [4.69, 9.17) is 46.4 Å². The summed E-state index contributed by atoms with van der Waals surface area (Å²) < 4.78 is 27.1. The number of sulfonamides is 1. The molecule has 1 aliphatic rings. The summed E-state index contributed by atoms with van der Waals surface area (Å²) in [6.45, 7) is 1.27. The molecule has 1 amide bonds. The van der Waals surface area contributed by atoms with Crippen molar-refractivity contribution >= 4 is 68.0 Å². The smallest absolute Gasteiger partial charge is 0.246 e. The molecule has 2 aromatic rings. The van der Waals surface area contributed by atoms with Crippen LogP contribution < -0.4 is 5.32 Å². The quantitative estimate of drug-likeness (QED) is 0.671. The number of benzene rings is 2. The van der Waals surface area contributed by atoms with E-state index in [-0.39, 0.29) is 40.5 Å². The molecule has 0 saturated carbocycles. The first-order chi connectivity index (χ1) is 13.7. The molecule has 3 rings (SSSR count). The van der Waals surface area contributed by atoms with Crippen molar-refractivity contribution in [3.8, 4) is 0 Å². The molecule has 156 valence electrons. The summed E-state index contributed by atoms with van der Waals surface area (Å²) in [5.74, 6) is -0.287. The molecule has 0 aliphatic carbocycles. The molecular weight excluding hydrogens is 480 g/mol. The molecule has 1 N–H and O–H groups in total. The van der Waals surface area contributed by atoms with Crippen LogP contribution in [0.25, 0.3) is 0 Å². The summed E-state index contributed by atoms with van der Waals surface area (Å²) in [6, 6.07) is 9.51. The Hall–Kier alpha value is -1.06. The number of halogens is 4. The summed E-state index contributed by atoms with van der Waals surface area (Å²) >= 11 is 24.2. The number of nitrogens with zero attached hydrogens (tertiary/aromatic N) is 2. The lowest BCUT2D eigenvalue weighted by Crippen LogP contribution is -2.50. The molecule has 0 bridgehead atoms. The molecule has 1 heterocycles. The number of anilines is 1. The van der Waals surface area contributed by atoms with Crippen molar-refractivity contribution in [3.63, 3.8) is 0 Å². The molecule has 0 atom stereocenters. The second-order valence-corrected chi connectivity index (χ2v) is 9.88. The van der Waals surface area contributed by atoms with Crippen LogP contribution in [0.5, 0.6) is 0 Å². The van der Waals surface area contributed by atoms with Gasteiger partial charge in [-0.05, 0) is 24.3 Å². The van der Waals surface area contributed by atoms with Gasteiger partial charge in [0.15, 0.2) is 0 Å². The fraction of sp³-hybridized carbons (Fsp3) is 0.278. The van der Waals surface area contributed by atoms with Gasteiger partial charge in [0.05, 0.1) is 32.3 Å². The van der Waals surface area contributed by atoms with E-state index in [1.54, 1.807) is 24.3 Å². The largest absolute Gasteiger partial charge is 0.322 e. The minimum atomic E-state index is -3.83. The number of piperazine rings is 1. The fourth-order valence-corrected chi connectivity index (χ4v) is 5.99. The van der Waals surface area contributed by atoms with E-state index >= 15 is 0 Å². The highest BCUT2D eigenvalue weighted by Crippen LogP contribution is 2.32. The van der Waals surface area contributed by atoms with Crippen LogP contribution in [0.2, 0.25) is 20.1 Å². The summed E-state index contributed by atoms with van der Waals surface area (Å²) in [5, 5.41) is 3.55. The van der Waals surface area contributed by atoms with Crippen LogP contribution in [0.3, 0.4) is 0 Å². The van der Waals surface area contributed by atoms with Gasteiger partial charge in [-0.3, -0.25) is 9.69 Å². The number of nitrogens with one attached hydrogen (secondary N) is 1. The first-order valence-electron chi connectivity index (χ1n) is 8.60. The van der Waals surface area contributed by atoms with Crippen molar-refractivity contribution in [1.82, 2.24) is 9.21 Å². The molecular formula is C18H17Cl4N3O3S. The Kier molecular flexibility index (Phi) is 7.32. The van der Waals surface area contributed by atoms with Gasteiger partial charge in [0.25, 0.3) is 0 Å². The van der Waals surface area contributed by atoms with E-state index in [0.717, 1.165) is 0 Å². The van der Waals surface area contributed by atoms with Crippen molar-refractivity contribution in [1.29, 1.82) is 0 Å². The maximum Gasteiger partial charge on any atom is 0.246 e. The monoisotopic (exact) mass is 495 g/mol. The third kappa shape index (κ3) is 5.17. The number of amides is 1. The van der Waals surface area contributed by atoms with Crippen molar-refractivity contribution in [2.45, 2.75) is 4.90 Å². The minimum absolute atomic E-state index is 0.0796. The topological polar surface area (TPSA) is 69.7 Å². The van der Waals surface area contributed by atoms with Gasteiger partial charge in [-0.1, -0.05) is 58.5 Å². The van der Waals surface area contributed by atoms with Crippen LogP contribution in [0, 0.1) is 0 Å². The molecule has 0 radical (unpaired) electrons. The Morgan fingerprint density at radius 2 is 1.34 bits per heavy atom. The normalized spacial score (nSPS) is 16.0. The molecule has 0 aromatic heterocycles. The predicted molar refractivity (Wildman–Crippen MR) is 117 cm³/mol. The number of rotatable bonds is 5. The Labute approximate surface area is 189 Å². The molecule has 11 heteroatoms. The fourth-order valence-electron chi connectivity index (χ4n) is 2.99. The van der Waals surface area contributed by atoms with E-state index in [0.29, 0.717) is 28.8 Å². The SMILES string of the molecule is O=C(CN1CCN(S(=O)(=O)c2c(Cl)cccc2Cl)CC1)Nc1c(Cl)cccc1Cl. The van der Waals surface area contributed by atoms with Gasteiger partial charge >= 0.3 is 0 Å². The highest BCUT2D eigenvalue weighted by atomic mass is 35.5. The molecule has 1 aliphatic heterocycles. The maximum absolute atomic E-state index is 12.9. The summed E-state index contributed by atoms with van der Waals surface area (Å²) in [4.78, 5) is 14.1. The number of hydrogen-bond donors (Lipinski definition) is 1. The second kappa shape index (κ2) is 9.39. The third-order valence-electron chi connectivity index (χ3n) is 4.44. The zero-order chi connectivity index (χ0) is 21.2. The molecule has 2 aromatic carbocycles. The van der Waals surface area contributed by atoms with Crippen LogP contribution >= 0.6 is 46.4 Å². The van der Waals surface area contributed by atoms with Crippen LogP contribution in [0.1, 0.15) is 0 Å². The average molecular weight is 497 g/mol. The Morgan fingerprint density at radius 1 is 0.862 bits per heavy atom. The summed E-state index contributed by atoms with van der Waals surface area (Å²) in [6.07, 6.45) is 0. The Morgan fingerprint density at radius 3 is 1.86 bits per heavy atom. The van der Waals surface area contributed by atoms with Gasteiger partial charge in [0.2, 0.25) is 15.9 Å². The highest BCUT2D eigenvalue weighted by molar-refractivity contribution is 7.89. The number of carbonyl (C=O) groups is 1. The van der Waals surface area contributed by atoms with E-state index in [2.05, 4.69) is 5.32 Å². The summed E-state index contributed by atoms with van der Waals surface area (Å²) in [5.41, 5.74) is 0.357. The van der Waals surface area contributed by atoms with Crippen LogP contribution in [0.15, 0.2) is 41.3 Å². The molecule has 1 fully saturated rings. The number of para-hydroxylation sites is 1. The zero-order valence-corrected chi connectivity index (χ0v) is 18.9. The molecule has 29 heavy (non-hydrogen) atoms. The standard InChI is InChI=1S/C18H17Cl4N3O3S/c19-12-3-1-4-13(20)17(12)23-16(26)11-24-7-9-25(10-8-24)29(27,28)18-14(21)5-2-6-15(18)22/h1-6H,7-11H2,(H,23,26). The zero-order valence-electron chi connectivity index (χ0n) is 15.0. The van der Waals surface area contributed by atoms with Crippen molar-refractivity contribution in [2.75, 3.05) is 38.0 Å². The van der Waals surface area contributed by atoms with Gasteiger partial charge in [0, 0.05) is 26.2 Å². The second-order valence-electron chi connectivity index (χ2n) is 6.38. The molecule has 0 spiro atoms. The van der Waals surface area contributed by atoms with Crippen LogP contribution in [0.4, 0.5) is 5.69 Å². The van der Waals surface area contributed by atoms with Crippen LogP contribution in [-0.4, -0.2) is 56.3 Å². The summed E-state index contributed by atoms with van der Waals surface area (Å²) in [7, 11) is -3.83. The molecule has 0 unspecified atom stereocenters. The average Bonchev–Trinajstić information content (AvgIpc) is 2.65. The van der Waals surface area contributed by atoms with Crippen LogP contribution in [-0.2, 0) is 14.8 Å². The van der Waals surface area contributed by atoms with Crippen molar-refractivity contribution < 1.29 is 13.2 Å². The Balaban J connectivity index is 1.61. The molecule has 1 saturated heterocycles. The Bertz CT molecular complexity index is 985. The van der Waals surface area contributed by atoms with Gasteiger partial charge < -0.3 is 5.32 Å². The number of carbonyl (C=O) groups excluding carboxylic acids is 1. The predicted octanol–water partition coefficient (Wildman–Crippen LogP) is 4.25. The van der Waals surface area contributed by atoms with Crippen molar-refractivity contribution in [2.24, 2.45) is 0 Å². The van der Waals surface area contributed by atoms with E-state index in [1.165, 1.54) is 16.4 Å². The molecule has 6 nitrogen and oxygen atoms in total. The lowest BCUT2D eigenvalue weighted by atomic mass is 10.3. The first kappa shape index (κ1) is 22.6. The van der Waals surface area contributed by atoms with E-state index in [1.807, 2.05) is 4.90 Å². The van der Waals surface area contributed by atoms with E-state index < -0.39 is 10.0 Å². The highest BCUT2D eigenvalue weighted by Gasteiger charge is 2.32. The minimum Gasteiger partial charge on any atom is -0.322 e. The van der Waals surface area contributed by atoms with Gasteiger partial charge in [-0.25, -0.2) is 8.42 Å². The maximum atomic E-state index is 12.9. The third-order valence-corrected chi connectivity index (χ3v) is 7.93. The lowest BCUT2D eigenvalue weighted by molar-refractivity contribution is -0.117. The van der Waals surface area contributed by atoms with Gasteiger partial charge in [-0.2, -0.15) is 4.31 Å². The number of hydrogen-bond acceptors (Lipinski definition) is 4. The van der Waals surface area contributed by atoms with E-state index in [9.17, 15) is 13.2 Å². The van der Waals surface area contributed by atoms with Gasteiger partial charge in [-0.15, -0.1) is 0 Å². The lowest BCUT2D eigenvalue weighted by Gasteiger charge is -2.33. The van der Waals surface area contributed by atoms with Gasteiger partial charge in [0.1, 0.15) is 4.90 Å².